The maximum Gasteiger partial charge on any atom is 0.243 e. The molecule has 1 saturated heterocycles. The van der Waals surface area contributed by atoms with Crippen LogP contribution in [0.2, 0.25) is 5.02 Å². The Morgan fingerprint density at radius 1 is 1.00 bits per heavy atom. The molecule has 1 aliphatic carbocycles. The van der Waals surface area contributed by atoms with E-state index < -0.39 is 6.04 Å². The van der Waals surface area contributed by atoms with Gasteiger partial charge < -0.3 is 10.2 Å². The summed E-state index contributed by atoms with van der Waals surface area (Å²) in [6.45, 7) is 2.65. The molecule has 3 atom stereocenters. The Balaban J connectivity index is 1.57. The third kappa shape index (κ3) is 6.51. The van der Waals surface area contributed by atoms with Gasteiger partial charge in [-0.15, -0.1) is 0 Å². The number of allylic oxidation sites excluding steroid dienone is 2. The van der Waals surface area contributed by atoms with E-state index in [0.29, 0.717) is 30.8 Å². The molecule has 2 aliphatic rings. The highest BCUT2D eigenvalue weighted by Crippen LogP contribution is 2.35. The fourth-order valence-electron chi connectivity index (χ4n) is 5.19. The standard InChI is InChI=1S/C30H34ClN3O4/c1-2-16-32-28(36)26(19-21-9-4-3-5-10-21)34(20-22-11-8-12-23(31)18-22)27(35)15-17-33-29(37)24-13-6-7-14-25(24)30(33)38/h3-12,18,24-26H,2,13-17,19-20H2,1H3,(H,32,36)/t24-,25+,26-/m0/s1. The van der Waals surface area contributed by atoms with Crippen LogP contribution in [0.4, 0.5) is 0 Å². The first-order valence-electron chi connectivity index (χ1n) is 13.2. The number of carbonyl (C=O) groups excluding carboxylic acids is 4. The third-order valence-electron chi connectivity index (χ3n) is 7.21. The third-order valence-corrected chi connectivity index (χ3v) is 7.45. The molecule has 1 fully saturated rings. The van der Waals surface area contributed by atoms with Crippen LogP contribution in [0.3, 0.4) is 0 Å². The van der Waals surface area contributed by atoms with Crippen LogP contribution in [0.5, 0.6) is 0 Å². The van der Waals surface area contributed by atoms with E-state index in [1.165, 1.54) is 4.90 Å². The van der Waals surface area contributed by atoms with Gasteiger partial charge in [0.15, 0.2) is 0 Å². The molecule has 2 aromatic carbocycles. The summed E-state index contributed by atoms with van der Waals surface area (Å²) in [6, 6.07) is 16.0. The van der Waals surface area contributed by atoms with Crippen LogP contribution in [0.1, 0.15) is 43.7 Å². The van der Waals surface area contributed by atoms with Crippen LogP contribution in [-0.4, -0.2) is 52.6 Å². The second-order valence-electron chi connectivity index (χ2n) is 9.88. The van der Waals surface area contributed by atoms with E-state index in [9.17, 15) is 19.2 Å². The Morgan fingerprint density at radius 2 is 1.66 bits per heavy atom. The summed E-state index contributed by atoms with van der Waals surface area (Å²) >= 11 is 6.22. The first-order chi connectivity index (χ1) is 18.4. The molecule has 0 unspecified atom stereocenters. The van der Waals surface area contributed by atoms with Crippen molar-refractivity contribution >= 4 is 35.2 Å². The molecule has 4 amide bonds. The van der Waals surface area contributed by atoms with Crippen molar-refractivity contribution in [1.82, 2.24) is 15.1 Å². The topological polar surface area (TPSA) is 86.8 Å². The van der Waals surface area contributed by atoms with E-state index in [1.54, 1.807) is 23.1 Å². The van der Waals surface area contributed by atoms with Crippen LogP contribution >= 0.6 is 11.6 Å². The van der Waals surface area contributed by atoms with Crippen molar-refractivity contribution in [2.45, 2.75) is 51.6 Å². The molecule has 0 spiro atoms. The average Bonchev–Trinajstić information content (AvgIpc) is 3.17. The number of halogens is 1. The van der Waals surface area contributed by atoms with Crippen molar-refractivity contribution in [3.8, 4) is 0 Å². The van der Waals surface area contributed by atoms with Gasteiger partial charge in [0, 0.05) is 37.5 Å². The number of rotatable bonds is 11. The molecule has 2 aromatic rings. The van der Waals surface area contributed by atoms with Crippen molar-refractivity contribution < 1.29 is 19.2 Å². The lowest BCUT2D eigenvalue weighted by Crippen LogP contribution is -2.51. The van der Waals surface area contributed by atoms with Crippen LogP contribution < -0.4 is 5.32 Å². The maximum atomic E-state index is 13.8. The number of carbonyl (C=O) groups is 4. The predicted octanol–water partition coefficient (Wildman–Crippen LogP) is 4.15. The van der Waals surface area contributed by atoms with E-state index >= 15 is 0 Å². The molecule has 0 saturated carbocycles. The van der Waals surface area contributed by atoms with Crippen LogP contribution in [-0.2, 0) is 32.1 Å². The summed E-state index contributed by atoms with van der Waals surface area (Å²) < 4.78 is 0. The first-order valence-corrected chi connectivity index (χ1v) is 13.6. The Labute approximate surface area is 228 Å². The zero-order chi connectivity index (χ0) is 27.1. The second kappa shape index (κ2) is 12.9. The van der Waals surface area contributed by atoms with Crippen molar-refractivity contribution in [2.24, 2.45) is 11.8 Å². The van der Waals surface area contributed by atoms with E-state index in [0.717, 1.165) is 17.5 Å². The summed E-state index contributed by atoms with van der Waals surface area (Å²) in [4.78, 5) is 55.8. The first kappa shape index (κ1) is 27.6. The van der Waals surface area contributed by atoms with Gasteiger partial charge in [0.25, 0.3) is 0 Å². The average molecular weight is 536 g/mol. The maximum absolute atomic E-state index is 13.8. The Bertz CT molecular complexity index is 1170. The number of hydrogen-bond acceptors (Lipinski definition) is 4. The largest absolute Gasteiger partial charge is 0.354 e. The molecular formula is C30H34ClN3O4. The smallest absolute Gasteiger partial charge is 0.243 e. The SMILES string of the molecule is CCCNC(=O)[C@H](Cc1ccccc1)N(Cc1cccc(Cl)c1)C(=O)CCN1C(=O)[C@H]2CC=CC[C@H]2C1=O. The van der Waals surface area contributed by atoms with Crippen LogP contribution in [0.15, 0.2) is 66.7 Å². The summed E-state index contributed by atoms with van der Waals surface area (Å²) in [5.74, 6) is -1.63. The fourth-order valence-corrected chi connectivity index (χ4v) is 5.41. The van der Waals surface area contributed by atoms with Gasteiger partial charge in [0.2, 0.25) is 23.6 Å². The molecule has 1 heterocycles. The highest BCUT2D eigenvalue weighted by molar-refractivity contribution is 6.30. The number of fused-ring (bicyclic) bond motifs is 1. The lowest BCUT2D eigenvalue weighted by atomic mass is 9.85. The zero-order valence-corrected chi connectivity index (χ0v) is 22.4. The van der Waals surface area contributed by atoms with Gasteiger partial charge in [-0.2, -0.15) is 0 Å². The minimum absolute atomic E-state index is 0.00415. The predicted molar refractivity (Wildman–Crippen MR) is 146 cm³/mol. The summed E-state index contributed by atoms with van der Waals surface area (Å²) in [5.41, 5.74) is 1.71. The second-order valence-corrected chi connectivity index (χ2v) is 10.3. The van der Waals surface area contributed by atoms with Gasteiger partial charge in [-0.3, -0.25) is 24.1 Å². The lowest BCUT2D eigenvalue weighted by Gasteiger charge is -2.32. The van der Waals surface area contributed by atoms with Gasteiger partial charge in [-0.1, -0.05) is 73.1 Å². The lowest BCUT2D eigenvalue weighted by molar-refractivity contribution is -0.144. The number of amides is 4. The molecule has 1 aliphatic heterocycles. The zero-order valence-electron chi connectivity index (χ0n) is 21.6. The molecule has 200 valence electrons. The van der Waals surface area contributed by atoms with Crippen molar-refractivity contribution in [1.29, 1.82) is 0 Å². The molecule has 0 aromatic heterocycles. The number of likely N-dealkylation sites (tertiary alicyclic amines) is 1. The van der Waals surface area contributed by atoms with Crippen LogP contribution in [0, 0.1) is 11.8 Å². The number of benzene rings is 2. The Morgan fingerprint density at radius 3 is 2.29 bits per heavy atom. The molecular weight excluding hydrogens is 502 g/mol. The van der Waals surface area contributed by atoms with E-state index in [-0.39, 0.29) is 55.0 Å². The van der Waals surface area contributed by atoms with E-state index in [1.807, 2.05) is 55.5 Å². The van der Waals surface area contributed by atoms with Crippen LogP contribution in [0.25, 0.3) is 0 Å². The van der Waals surface area contributed by atoms with Gasteiger partial charge in [-0.25, -0.2) is 0 Å². The highest BCUT2D eigenvalue weighted by Gasteiger charge is 2.47. The van der Waals surface area contributed by atoms with Gasteiger partial charge >= 0.3 is 0 Å². The van der Waals surface area contributed by atoms with Gasteiger partial charge in [0.1, 0.15) is 6.04 Å². The summed E-state index contributed by atoms with van der Waals surface area (Å²) in [7, 11) is 0. The summed E-state index contributed by atoms with van der Waals surface area (Å²) in [6.07, 6.45) is 6.03. The normalized spacial score (nSPS) is 19.3. The van der Waals surface area contributed by atoms with Gasteiger partial charge in [0.05, 0.1) is 11.8 Å². The van der Waals surface area contributed by atoms with Crippen molar-refractivity contribution in [2.75, 3.05) is 13.1 Å². The molecule has 0 bridgehead atoms. The molecule has 7 nitrogen and oxygen atoms in total. The molecule has 4 rings (SSSR count). The molecule has 8 heteroatoms. The van der Waals surface area contributed by atoms with Gasteiger partial charge in [-0.05, 0) is 42.5 Å². The van der Waals surface area contributed by atoms with E-state index in [2.05, 4.69) is 5.32 Å². The Hall–Kier alpha value is -3.45. The molecule has 0 radical (unpaired) electrons. The minimum Gasteiger partial charge on any atom is -0.354 e. The number of nitrogens with one attached hydrogen (secondary N) is 1. The molecule has 38 heavy (non-hydrogen) atoms. The number of imide groups is 1. The quantitative estimate of drug-likeness (QED) is 0.346. The van der Waals surface area contributed by atoms with E-state index in [4.69, 9.17) is 11.6 Å². The number of nitrogens with zero attached hydrogens (tertiary/aromatic N) is 2. The fraction of sp³-hybridized carbons (Fsp3) is 0.400. The minimum atomic E-state index is -0.771. The Kier molecular flexibility index (Phi) is 9.34. The monoisotopic (exact) mass is 535 g/mol. The molecule has 1 N–H and O–H groups in total. The highest BCUT2D eigenvalue weighted by atomic mass is 35.5. The summed E-state index contributed by atoms with van der Waals surface area (Å²) in [5, 5.41) is 3.48. The van der Waals surface area contributed by atoms with Crippen molar-refractivity contribution in [3.63, 3.8) is 0 Å². The van der Waals surface area contributed by atoms with Crippen molar-refractivity contribution in [3.05, 3.63) is 82.9 Å². The number of hydrogen-bond donors (Lipinski definition) is 1.